The van der Waals surface area contributed by atoms with Gasteiger partial charge in [-0.15, -0.1) is 0 Å². The molecule has 0 saturated heterocycles. The van der Waals surface area contributed by atoms with Gasteiger partial charge in [0.15, 0.2) is 5.13 Å². The molecule has 0 atom stereocenters. The number of anilines is 1. The van der Waals surface area contributed by atoms with Crippen molar-refractivity contribution in [2.24, 2.45) is 5.41 Å². The van der Waals surface area contributed by atoms with Crippen molar-refractivity contribution in [1.82, 2.24) is 9.88 Å². The van der Waals surface area contributed by atoms with Crippen LogP contribution in [0.3, 0.4) is 0 Å². The summed E-state index contributed by atoms with van der Waals surface area (Å²) in [5, 5.41) is 3.45. The van der Waals surface area contributed by atoms with Crippen LogP contribution in [0.4, 0.5) is 9.93 Å². The van der Waals surface area contributed by atoms with Gasteiger partial charge in [0, 0.05) is 23.3 Å². The van der Waals surface area contributed by atoms with Gasteiger partial charge < -0.3 is 15.0 Å². The van der Waals surface area contributed by atoms with E-state index in [-0.39, 0.29) is 12.0 Å². The Bertz CT molecular complexity index is 611. The Morgan fingerprint density at radius 2 is 1.87 bits per heavy atom. The van der Waals surface area contributed by atoms with Crippen LogP contribution in [0.1, 0.15) is 52.1 Å². The number of aromatic nitrogens is 1. The summed E-state index contributed by atoms with van der Waals surface area (Å²) in [7, 11) is 0. The summed E-state index contributed by atoms with van der Waals surface area (Å²) >= 11 is 1.43. The predicted octanol–water partition coefficient (Wildman–Crippen LogP) is 3.42. The van der Waals surface area contributed by atoms with Crippen LogP contribution in [0, 0.1) is 5.41 Å². The topological polar surface area (TPSA) is 71.5 Å². The molecular weight excluding hydrogens is 314 g/mol. The van der Waals surface area contributed by atoms with Gasteiger partial charge >= 0.3 is 6.09 Å². The highest BCUT2D eigenvalue weighted by Crippen LogP contribution is 2.30. The number of amides is 2. The van der Waals surface area contributed by atoms with E-state index in [1.165, 1.54) is 11.3 Å². The minimum Gasteiger partial charge on any atom is -0.444 e. The number of nitrogens with zero attached hydrogens (tertiary/aromatic N) is 2. The number of ether oxygens (including phenoxy) is 1. The Morgan fingerprint density at radius 1 is 1.22 bits per heavy atom. The lowest BCUT2D eigenvalue weighted by Crippen LogP contribution is -2.39. The fourth-order valence-corrected chi connectivity index (χ4v) is 3.03. The van der Waals surface area contributed by atoms with E-state index in [0.717, 1.165) is 10.6 Å². The zero-order chi connectivity index (χ0) is 17.4. The zero-order valence-electron chi connectivity index (χ0n) is 14.6. The molecule has 1 N–H and O–H groups in total. The van der Waals surface area contributed by atoms with Crippen LogP contribution in [0.2, 0.25) is 0 Å². The molecule has 0 fully saturated rings. The van der Waals surface area contributed by atoms with Crippen LogP contribution in [-0.4, -0.2) is 34.0 Å². The number of thiazole rings is 1. The second-order valence-electron chi connectivity index (χ2n) is 7.74. The third-order valence-electron chi connectivity index (χ3n) is 3.28. The molecule has 0 spiro atoms. The molecule has 0 unspecified atom stereocenters. The van der Waals surface area contributed by atoms with E-state index in [4.69, 9.17) is 4.74 Å². The molecule has 0 bridgehead atoms. The summed E-state index contributed by atoms with van der Waals surface area (Å²) in [6, 6.07) is 0. The Labute approximate surface area is 141 Å². The summed E-state index contributed by atoms with van der Waals surface area (Å²) in [6.45, 7) is 12.2. The van der Waals surface area contributed by atoms with Crippen molar-refractivity contribution in [3.05, 3.63) is 10.6 Å². The van der Waals surface area contributed by atoms with Gasteiger partial charge in [0.05, 0.1) is 12.2 Å². The van der Waals surface area contributed by atoms with Gasteiger partial charge in [-0.3, -0.25) is 4.79 Å². The molecule has 0 aliphatic carbocycles. The van der Waals surface area contributed by atoms with E-state index in [2.05, 4.69) is 10.3 Å². The van der Waals surface area contributed by atoms with Crippen LogP contribution < -0.4 is 5.32 Å². The number of hydrogen-bond acceptors (Lipinski definition) is 5. The number of hydrogen-bond donors (Lipinski definition) is 1. The normalized spacial score (nSPS) is 15.1. The van der Waals surface area contributed by atoms with Gasteiger partial charge in [-0.25, -0.2) is 9.78 Å². The zero-order valence-corrected chi connectivity index (χ0v) is 15.5. The highest BCUT2D eigenvalue weighted by atomic mass is 32.1. The number of nitrogens with one attached hydrogen (secondary N) is 1. The molecular formula is C16H25N3O3S. The van der Waals surface area contributed by atoms with Crippen LogP contribution >= 0.6 is 11.3 Å². The lowest BCUT2D eigenvalue weighted by atomic mass is 9.96. The van der Waals surface area contributed by atoms with Crippen molar-refractivity contribution in [1.29, 1.82) is 0 Å². The Kier molecular flexibility index (Phi) is 4.71. The summed E-state index contributed by atoms with van der Waals surface area (Å²) < 4.78 is 5.41. The first-order valence-electron chi connectivity index (χ1n) is 7.74. The molecule has 2 amide bonds. The average Bonchev–Trinajstić information content (AvgIpc) is 2.76. The Morgan fingerprint density at radius 3 is 2.43 bits per heavy atom. The van der Waals surface area contributed by atoms with Crippen molar-refractivity contribution in [2.45, 2.75) is 60.1 Å². The number of carbonyl (C=O) groups excluding carboxylic acids is 2. The van der Waals surface area contributed by atoms with E-state index >= 15 is 0 Å². The highest BCUT2D eigenvalue weighted by Gasteiger charge is 2.29. The highest BCUT2D eigenvalue weighted by molar-refractivity contribution is 7.15. The molecule has 1 aromatic rings. The second kappa shape index (κ2) is 6.11. The first-order valence-corrected chi connectivity index (χ1v) is 8.55. The molecule has 1 aliphatic rings. The summed E-state index contributed by atoms with van der Waals surface area (Å²) in [5.41, 5.74) is -0.00921. The van der Waals surface area contributed by atoms with E-state index in [0.29, 0.717) is 24.6 Å². The fourth-order valence-electron chi connectivity index (χ4n) is 2.02. The van der Waals surface area contributed by atoms with Crippen LogP contribution in [0.25, 0.3) is 0 Å². The lowest BCUT2D eigenvalue weighted by Gasteiger charge is -2.29. The minimum absolute atomic E-state index is 0.0624. The molecule has 2 heterocycles. The first-order chi connectivity index (χ1) is 10.5. The Balaban J connectivity index is 2.05. The van der Waals surface area contributed by atoms with Gasteiger partial charge in [-0.2, -0.15) is 0 Å². The summed E-state index contributed by atoms with van der Waals surface area (Å²) in [6.07, 6.45) is 0.369. The average molecular weight is 339 g/mol. The summed E-state index contributed by atoms with van der Waals surface area (Å²) in [5.74, 6) is -0.0624. The molecule has 0 aromatic carbocycles. The van der Waals surface area contributed by atoms with Crippen LogP contribution in [-0.2, 0) is 22.5 Å². The van der Waals surface area contributed by atoms with Gasteiger partial charge in [0.25, 0.3) is 0 Å². The predicted molar refractivity (Wildman–Crippen MR) is 90.5 cm³/mol. The minimum atomic E-state index is -0.503. The van der Waals surface area contributed by atoms with E-state index in [1.807, 2.05) is 41.5 Å². The van der Waals surface area contributed by atoms with Crippen molar-refractivity contribution in [3.8, 4) is 0 Å². The van der Waals surface area contributed by atoms with Crippen LogP contribution in [0.15, 0.2) is 0 Å². The van der Waals surface area contributed by atoms with Crippen LogP contribution in [0.5, 0.6) is 0 Å². The van der Waals surface area contributed by atoms with E-state index in [1.54, 1.807) is 4.90 Å². The quantitative estimate of drug-likeness (QED) is 0.851. The molecule has 128 valence electrons. The third-order valence-corrected chi connectivity index (χ3v) is 4.28. The SMILES string of the molecule is CC(C)(C)OC(=O)N1CCc2nc(NC(=O)C(C)(C)C)sc2C1. The molecule has 0 radical (unpaired) electrons. The van der Waals surface area contributed by atoms with Crippen molar-refractivity contribution in [2.75, 3.05) is 11.9 Å². The lowest BCUT2D eigenvalue weighted by molar-refractivity contribution is -0.123. The number of fused-ring (bicyclic) bond motifs is 1. The molecule has 1 aromatic heterocycles. The fraction of sp³-hybridized carbons (Fsp3) is 0.688. The molecule has 0 saturated carbocycles. The van der Waals surface area contributed by atoms with Gasteiger partial charge in [-0.05, 0) is 20.8 Å². The standard InChI is InChI=1S/C16H25N3O3S/c1-15(2,3)12(20)18-13-17-10-7-8-19(9-11(10)23-13)14(21)22-16(4,5)6/h7-9H2,1-6H3,(H,17,18,20). The maximum atomic E-state index is 12.2. The molecule has 7 heteroatoms. The van der Waals surface area contributed by atoms with E-state index in [9.17, 15) is 9.59 Å². The molecule has 6 nitrogen and oxygen atoms in total. The first kappa shape index (κ1) is 17.7. The third kappa shape index (κ3) is 4.67. The second-order valence-corrected chi connectivity index (χ2v) is 8.83. The van der Waals surface area contributed by atoms with Crippen molar-refractivity contribution >= 4 is 28.5 Å². The number of rotatable bonds is 1. The summed E-state index contributed by atoms with van der Waals surface area (Å²) in [4.78, 5) is 31.4. The maximum absolute atomic E-state index is 12.2. The molecule has 1 aliphatic heterocycles. The Hall–Kier alpha value is -1.63. The van der Waals surface area contributed by atoms with Crippen molar-refractivity contribution in [3.63, 3.8) is 0 Å². The smallest absolute Gasteiger partial charge is 0.410 e. The largest absolute Gasteiger partial charge is 0.444 e. The van der Waals surface area contributed by atoms with Crippen molar-refractivity contribution < 1.29 is 14.3 Å². The van der Waals surface area contributed by atoms with E-state index < -0.39 is 11.0 Å². The number of carbonyl (C=O) groups is 2. The van der Waals surface area contributed by atoms with Gasteiger partial charge in [0.2, 0.25) is 5.91 Å². The molecule has 23 heavy (non-hydrogen) atoms. The van der Waals surface area contributed by atoms with Gasteiger partial charge in [-0.1, -0.05) is 32.1 Å². The molecule has 2 rings (SSSR count). The monoisotopic (exact) mass is 339 g/mol. The van der Waals surface area contributed by atoms with Gasteiger partial charge in [0.1, 0.15) is 5.60 Å². The maximum Gasteiger partial charge on any atom is 0.410 e.